The van der Waals surface area contributed by atoms with Crippen LogP contribution in [0.15, 0.2) is 23.2 Å². The van der Waals surface area contributed by atoms with E-state index < -0.39 is 10.0 Å². The second-order valence-corrected chi connectivity index (χ2v) is 6.27. The summed E-state index contributed by atoms with van der Waals surface area (Å²) in [7, 11) is -3.76. The molecule has 21 heavy (non-hydrogen) atoms. The molecule has 0 saturated carbocycles. The monoisotopic (exact) mass is 313 g/mol. The van der Waals surface area contributed by atoms with Crippen molar-refractivity contribution in [1.82, 2.24) is 15.6 Å². The van der Waals surface area contributed by atoms with E-state index in [-0.39, 0.29) is 16.8 Å². The van der Waals surface area contributed by atoms with Gasteiger partial charge in [0.25, 0.3) is 0 Å². The van der Waals surface area contributed by atoms with Crippen molar-refractivity contribution in [3.8, 4) is 0 Å². The third kappa shape index (κ3) is 3.69. The maximum atomic E-state index is 12.1. The lowest BCUT2D eigenvalue weighted by atomic mass is 10.1. The Morgan fingerprint density at radius 3 is 2.90 bits per heavy atom. The SMILES string of the molecule is CCNC(=O)C1CNCCN1c1ccc(S(N)(=O)=O)cn1. The van der Waals surface area contributed by atoms with Crippen molar-refractivity contribution in [3.63, 3.8) is 0 Å². The number of carbonyl (C=O) groups excluding carboxylic acids is 1. The van der Waals surface area contributed by atoms with Gasteiger partial charge in [0.05, 0.1) is 0 Å². The molecule has 1 fully saturated rings. The van der Waals surface area contributed by atoms with Crippen LogP contribution in [-0.2, 0) is 14.8 Å². The van der Waals surface area contributed by atoms with Gasteiger partial charge in [-0.2, -0.15) is 0 Å². The van der Waals surface area contributed by atoms with Crippen LogP contribution in [0.4, 0.5) is 5.82 Å². The number of likely N-dealkylation sites (N-methyl/N-ethyl adjacent to an activating group) is 1. The smallest absolute Gasteiger partial charge is 0.244 e. The van der Waals surface area contributed by atoms with Crippen LogP contribution in [0.5, 0.6) is 0 Å². The van der Waals surface area contributed by atoms with Crippen molar-refractivity contribution in [2.75, 3.05) is 31.1 Å². The molecule has 1 atom stereocenters. The second-order valence-electron chi connectivity index (χ2n) is 4.71. The quantitative estimate of drug-likeness (QED) is 0.632. The van der Waals surface area contributed by atoms with Crippen LogP contribution >= 0.6 is 0 Å². The first-order valence-electron chi connectivity index (χ1n) is 6.67. The zero-order valence-electron chi connectivity index (χ0n) is 11.7. The number of amides is 1. The number of anilines is 1. The predicted molar refractivity (Wildman–Crippen MR) is 78.3 cm³/mol. The van der Waals surface area contributed by atoms with E-state index >= 15 is 0 Å². The number of rotatable bonds is 4. The molecule has 1 aliphatic rings. The van der Waals surface area contributed by atoms with Gasteiger partial charge < -0.3 is 15.5 Å². The molecule has 1 amide bonds. The van der Waals surface area contributed by atoms with Crippen molar-refractivity contribution < 1.29 is 13.2 Å². The summed E-state index contributed by atoms with van der Waals surface area (Å²) in [5.41, 5.74) is 0. The van der Waals surface area contributed by atoms with Crippen LogP contribution in [0.1, 0.15) is 6.92 Å². The molecule has 0 aliphatic carbocycles. The van der Waals surface area contributed by atoms with E-state index in [0.29, 0.717) is 25.5 Å². The second kappa shape index (κ2) is 6.37. The van der Waals surface area contributed by atoms with E-state index in [9.17, 15) is 13.2 Å². The topological polar surface area (TPSA) is 117 Å². The largest absolute Gasteiger partial charge is 0.355 e. The summed E-state index contributed by atoms with van der Waals surface area (Å²) in [5, 5.41) is 11.0. The summed E-state index contributed by atoms with van der Waals surface area (Å²) < 4.78 is 22.5. The Hall–Kier alpha value is -1.71. The third-order valence-electron chi connectivity index (χ3n) is 3.24. The van der Waals surface area contributed by atoms with E-state index in [1.54, 1.807) is 6.07 Å². The van der Waals surface area contributed by atoms with Crippen molar-refractivity contribution in [3.05, 3.63) is 18.3 Å². The Balaban J connectivity index is 2.23. The highest BCUT2D eigenvalue weighted by Gasteiger charge is 2.29. The minimum atomic E-state index is -3.76. The molecule has 9 heteroatoms. The summed E-state index contributed by atoms with van der Waals surface area (Å²) in [6.07, 6.45) is 1.21. The van der Waals surface area contributed by atoms with Gasteiger partial charge in [0.1, 0.15) is 16.8 Å². The molecule has 0 bridgehead atoms. The average molecular weight is 313 g/mol. The summed E-state index contributed by atoms with van der Waals surface area (Å²) in [6, 6.07) is 2.60. The van der Waals surface area contributed by atoms with Crippen LogP contribution in [0.25, 0.3) is 0 Å². The standard InChI is InChI=1S/C12H19N5O3S/c1-2-15-12(18)10-8-14-5-6-17(10)11-4-3-9(7-16-11)21(13,19)20/h3-4,7,10,14H,2,5-6,8H2,1H3,(H,15,18)(H2,13,19,20). The molecule has 1 saturated heterocycles. The van der Waals surface area contributed by atoms with Crippen LogP contribution in [0.2, 0.25) is 0 Å². The molecule has 1 aromatic rings. The molecule has 2 rings (SSSR count). The summed E-state index contributed by atoms with van der Waals surface area (Å²) in [5.74, 6) is 0.474. The lowest BCUT2D eigenvalue weighted by molar-refractivity contribution is -0.122. The highest BCUT2D eigenvalue weighted by Crippen LogP contribution is 2.17. The Bertz CT molecular complexity index is 602. The van der Waals surface area contributed by atoms with E-state index in [4.69, 9.17) is 5.14 Å². The number of primary sulfonamides is 1. The first-order valence-corrected chi connectivity index (χ1v) is 8.22. The van der Waals surface area contributed by atoms with E-state index in [1.807, 2.05) is 11.8 Å². The molecule has 8 nitrogen and oxygen atoms in total. The average Bonchev–Trinajstić information content (AvgIpc) is 2.47. The summed E-state index contributed by atoms with van der Waals surface area (Å²) >= 11 is 0. The molecular formula is C12H19N5O3S. The minimum absolute atomic E-state index is 0.0454. The molecule has 0 radical (unpaired) electrons. The lowest BCUT2D eigenvalue weighted by Crippen LogP contribution is -2.58. The number of carbonyl (C=O) groups is 1. The first kappa shape index (κ1) is 15.7. The fourth-order valence-corrected chi connectivity index (χ4v) is 2.67. The highest BCUT2D eigenvalue weighted by molar-refractivity contribution is 7.89. The highest BCUT2D eigenvalue weighted by atomic mass is 32.2. The molecule has 1 unspecified atom stereocenters. The van der Waals surface area contributed by atoms with Crippen molar-refractivity contribution in [1.29, 1.82) is 0 Å². The van der Waals surface area contributed by atoms with Crippen LogP contribution in [0, 0.1) is 0 Å². The number of aromatic nitrogens is 1. The number of piperazine rings is 1. The van der Waals surface area contributed by atoms with Crippen LogP contribution in [-0.4, -0.2) is 51.5 Å². The number of nitrogens with two attached hydrogens (primary N) is 1. The molecule has 0 spiro atoms. The number of hydrogen-bond donors (Lipinski definition) is 3. The molecule has 2 heterocycles. The van der Waals surface area contributed by atoms with E-state index in [2.05, 4.69) is 15.6 Å². The number of nitrogens with zero attached hydrogens (tertiary/aromatic N) is 2. The maximum absolute atomic E-state index is 12.1. The van der Waals surface area contributed by atoms with Gasteiger partial charge in [0, 0.05) is 32.4 Å². The molecule has 1 aromatic heterocycles. The number of pyridine rings is 1. The molecule has 1 aliphatic heterocycles. The molecular weight excluding hydrogens is 294 g/mol. The Morgan fingerprint density at radius 1 is 1.57 bits per heavy atom. The molecule has 4 N–H and O–H groups in total. The van der Waals surface area contributed by atoms with Gasteiger partial charge in [-0.1, -0.05) is 0 Å². The van der Waals surface area contributed by atoms with Crippen LogP contribution < -0.4 is 20.7 Å². The number of sulfonamides is 1. The molecule has 0 aromatic carbocycles. The Morgan fingerprint density at radius 2 is 2.33 bits per heavy atom. The fourth-order valence-electron chi connectivity index (χ4n) is 2.22. The van der Waals surface area contributed by atoms with E-state index in [0.717, 1.165) is 6.54 Å². The summed E-state index contributed by atoms with van der Waals surface area (Å²) in [4.78, 5) is 18.0. The van der Waals surface area contributed by atoms with Crippen molar-refractivity contribution in [2.24, 2.45) is 5.14 Å². The van der Waals surface area contributed by atoms with Gasteiger partial charge in [-0.3, -0.25) is 4.79 Å². The van der Waals surface area contributed by atoms with Gasteiger partial charge in [0.15, 0.2) is 0 Å². The summed E-state index contributed by atoms with van der Waals surface area (Å²) in [6.45, 7) is 4.28. The normalized spacial score (nSPS) is 19.3. The predicted octanol–water partition coefficient (Wildman–Crippen LogP) is -1.36. The van der Waals surface area contributed by atoms with Crippen molar-refractivity contribution in [2.45, 2.75) is 17.9 Å². The number of hydrogen-bond acceptors (Lipinski definition) is 6. The maximum Gasteiger partial charge on any atom is 0.244 e. The first-order chi connectivity index (χ1) is 9.93. The van der Waals surface area contributed by atoms with Gasteiger partial charge in [-0.05, 0) is 19.1 Å². The van der Waals surface area contributed by atoms with Crippen LogP contribution in [0.3, 0.4) is 0 Å². The third-order valence-corrected chi connectivity index (χ3v) is 4.14. The van der Waals surface area contributed by atoms with Gasteiger partial charge in [-0.15, -0.1) is 0 Å². The number of nitrogens with one attached hydrogen (secondary N) is 2. The molecule has 116 valence electrons. The Kier molecular flexibility index (Phi) is 4.76. The minimum Gasteiger partial charge on any atom is -0.355 e. The van der Waals surface area contributed by atoms with E-state index in [1.165, 1.54) is 12.3 Å². The van der Waals surface area contributed by atoms with Gasteiger partial charge >= 0.3 is 0 Å². The Labute approximate surface area is 123 Å². The van der Waals surface area contributed by atoms with Gasteiger partial charge in [0.2, 0.25) is 15.9 Å². The zero-order chi connectivity index (χ0) is 15.5. The fraction of sp³-hybridized carbons (Fsp3) is 0.500. The lowest BCUT2D eigenvalue weighted by Gasteiger charge is -2.36. The van der Waals surface area contributed by atoms with Crippen molar-refractivity contribution >= 4 is 21.7 Å². The zero-order valence-corrected chi connectivity index (χ0v) is 12.6. The van der Waals surface area contributed by atoms with Gasteiger partial charge in [-0.25, -0.2) is 18.5 Å².